The van der Waals surface area contributed by atoms with Crippen molar-refractivity contribution in [3.63, 3.8) is 0 Å². The number of amides is 2. The molecule has 34 heavy (non-hydrogen) atoms. The first-order chi connectivity index (χ1) is 16.3. The maximum Gasteiger partial charge on any atom is 0.251 e. The molecule has 2 aromatic heterocycles. The fourth-order valence-corrected chi connectivity index (χ4v) is 5.08. The van der Waals surface area contributed by atoms with Crippen LogP contribution in [0, 0.1) is 5.92 Å². The number of benzene rings is 1. The first-order valence-corrected chi connectivity index (χ1v) is 12.3. The molecule has 0 aliphatic carbocycles. The normalized spacial score (nSPS) is 15.9. The minimum absolute atomic E-state index is 0.0189. The molecule has 1 fully saturated rings. The molecule has 0 spiro atoms. The third kappa shape index (κ3) is 4.93. The monoisotopic (exact) mass is 486 g/mol. The quantitative estimate of drug-likeness (QED) is 0.511. The zero-order chi connectivity index (χ0) is 24.3. The van der Waals surface area contributed by atoms with Crippen molar-refractivity contribution in [3.8, 4) is 0 Å². The number of anilines is 1. The molecule has 3 aromatic rings. The lowest BCUT2D eigenvalue weighted by molar-refractivity contribution is -0.118. The van der Waals surface area contributed by atoms with Gasteiger partial charge in [-0.15, -0.1) is 0 Å². The Kier molecular flexibility index (Phi) is 6.91. The summed E-state index contributed by atoms with van der Waals surface area (Å²) in [5, 5.41) is 9.65. The molecule has 12 heteroatoms. The molecule has 0 radical (unpaired) electrons. The Morgan fingerprint density at radius 1 is 1.09 bits per heavy atom. The van der Waals surface area contributed by atoms with E-state index >= 15 is 0 Å². The van der Waals surface area contributed by atoms with Gasteiger partial charge in [-0.25, -0.2) is 13.4 Å². The summed E-state index contributed by atoms with van der Waals surface area (Å²) in [6.07, 6.45) is 3.12. The fraction of sp³-hybridized carbons (Fsp3) is 0.364. The molecule has 3 heterocycles. The van der Waals surface area contributed by atoms with Gasteiger partial charge in [0, 0.05) is 30.9 Å². The zero-order valence-corrected chi connectivity index (χ0v) is 19.7. The van der Waals surface area contributed by atoms with Gasteiger partial charge in [0.15, 0.2) is 5.65 Å². The van der Waals surface area contributed by atoms with Crippen molar-refractivity contribution in [2.45, 2.75) is 24.8 Å². The van der Waals surface area contributed by atoms with Crippen LogP contribution in [-0.2, 0) is 19.6 Å². The van der Waals surface area contributed by atoms with E-state index in [2.05, 4.69) is 20.7 Å². The van der Waals surface area contributed by atoms with Crippen LogP contribution in [-0.4, -0.2) is 71.5 Å². The highest BCUT2D eigenvalue weighted by Crippen LogP contribution is 2.19. The van der Waals surface area contributed by atoms with Gasteiger partial charge in [-0.1, -0.05) is 19.9 Å². The van der Waals surface area contributed by atoms with Crippen molar-refractivity contribution in [1.29, 1.82) is 0 Å². The third-order valence-corrected chi connectivity index (χ3v) is 7.38. The average Bonchev–Trinajstić information content (AvgIpc) is 3.33. The Labute approximate surface area is 197 Å². The van der Waals surface area contributed by atoms with E-state index in [9.17, 15) is 18.0 Å². The predicted molar refractivity (Wildman–Crippen MR) is 124 cm³/mol. The number of aromatic nitrogens is 3. The summed E-state index contributed by atoms with van der Waals surface area (Å²) < 4.78 is 33.9. The molecular formula is C22H26N6O5S. The SMILES string of the molecule is CC(C)C(NC(=O)c1cccc(S(=O)(=O)N2CCOCC2)c1)C(=O)Nc1ccnc2ccnn12. The van der Waals surface area contributed by atoms with E-state index in [0.717, 1.165) is 0 Å². The van der Waals surface area contributed by atoms with Crippen LogP contribution in [0.25, 0.3) is 5.65 Å². The summed E-state index contributed by atoms with van der Waals surface area (Å²) in [6, 6.07) is 8.24. The summed E-state index contributed by atoms with van der Waals surface area (Å²) in [7, 11) is -3.76. The number of fused-ring (bicyclic) bond motifs is 1. The first-order valence-electron chi connectivity index (χ1n) is 10.9. The zero-order valence-electron chi connectivity index (χ0n) is 18.8. The molecule has 0 bridgehead atoms. The highest BCUT2D eigenvalue weighted by molar-refractivity contribution is 7.89. The second-order valence-corrected chi connectivity index (χ2v) is 10.1. The number of hydrogen-bond acceptors (Lipinski definition) is 7. The number of sulfonamides is 1. The smallest absolute Gasteiger partial charge is 0.251 e. The van der Waals surface area contributed by atoms with Crippen LogP contribution in [0.4, 0.5) is 5.82 Å². The molecule has 0 saturated carbocycles. The van der Waals surface area contributed by atoms with Crippen LogP contribution in [0.15, 0.2) is 53.7 Å². The lowest BCUT2D eigenvalue weighted by atomic mass is 10.0. The van der Waals surface area contributed by atoms with Crippen molar-refractivity contribution >= 4 is 33.3 Å². The second kappa shape index (κ2) is 9.87. The van der Waals surface area contributed by atoms with Crippen LogP contribution in [0.2, 0.25) is 0 Å². The maximum atomic E-state index is 13.0. The standard InChI is InChI=1S/C22H26N6O5S/c1-15(2)20(22(30)25-19-6-8-23-18-7-9-24-28(18)19)26-21(29)16-4-3-5-17(14-16)34(31,32)27-10-12-33-13-11-27/h3-9,14-15,20H,10-13H2,1-2H3,(H,25,30)(H,26,29). The molecule has 1 unspecified atom stereocenters. The topological polar surface area (TPSA) is 135 Å². The molecule has 180 valence electrons. The van der Waals surface area contributed by atoms with Crippen molar-refractivity contribution in [2.24, 2.45) is 5.92 Å². The number of ether oxygens (including phenoxy) is 1. The van der Waals surface area contributed by atoms with Gasteiger partial charge in [0.05, 0.1) is 24.3 Å². The van der Waals surface area contributed by atoms with E-state index in [1.54, 1.807) is 38.4 Å². The largest absolute Gasteiger partial charge is 0.379 e. The molecule has 1 aliphatic heterocycles. The molecule has 1 atom stereocenters. The van der Waals surface area contributed by atoms with Crippen molar-refractivity contribution in [2.75, 3.05) is 31.6 Å². The van der Waals surface area contributed by atoms with Gasteiger partial charge in [0.1, 0.15) is 11.9 Å². The average molecular weight is 487 g/mol. The number of nitrogens with zero attached hydrogens (tertiary/aromatic N) is 4. The minimum Gasteiger partial charge on any atom is -0.379 e. The Balaban J connectivity index is 1.51. The summed E-state index contributed by atoms with van der Waals surface area (Å²) in [4.78, 5) is 30.2. The van der Waals surface area contributed by atoms with Crippen molar-refractivity contribution in [3.05, 3.63) is 54.4 Å². The summed E-state index contributed by atoms with van der Waals surface area (Å²) in [5.41, 5.74) is 0.715. The molecule has 1 saturated heterocycles. The van der Waals surface area contributed by atoms with Crippen molar-refractivity contribution < 1.29 is 22.7 Å². The lowest BCUT2D eigenvalue weighted by Gasteiger charge is -2.26. The Morgan fingerprint density at radius 3 is 2.59 bits per heavy atom. The molecular weight excluding hydrogens is 460 g/mol. The predicted octanol–water partition coefficient (Wildman–Crippen LogP) is 1.14. The van der Waals surface area contributed by atoms with E-state index in [4.69, 9.17) is 4.74 Å². The molecule has 1 aromatic carbocycles. The van der Waals surface area contributed by atoms with Gasteiger partial charge in [0.25, 0.3) is 5.91 Å². The minimum atomic E-state index is -3.76. The number of morpholine rings is 1. The molecule has 2 amide bonds. The van der Waals surface area contributed by atoms with E-state index in [1.807, 2.05) is 0 Å². The number of carbonyl (C=O) groups excluding carboxylic acids is 2. The van der Waals surface area contributed by atoms with Gasteiger partial charge in [0.2, 0.25) is 15.9 Å². The van der Waals surface area contributed by atoms with Gasteiger partial charge >= 0.3 is 0 Å². The number of carbonyl (C=O) groups is 2. The van der Waals surface area contributed by atoms with E-state index < -0.39 is 27.9 Å². The summed E-state index contributed by atoms with van der Waals surface area (Å²) in [6.45, 7) is 4.78. The van der Waals surface area contributed by atoms with Crippen LogP contribution in [0.1, 0.15) is 24.2 Å². The van der Waals surface area contributed by atoms with Crippen LogP contribution >= 0.6 is 0 Å². The van der Waals surface area contributed by atoms with Gasteiger partial charge < -0.3 is 15.4 Å². The van der Waals surface area contributed by atoms with Gasteiger partial charge in [-0.05, 0) is 30.2 Å². The summed E-state index contributed by atoms with van der Waals surface area (Å²) >= 11 is 0. The van der Waals surface area contributed by atoms with E-state index in [1.165, 1.54) is 33.1 Å². The van der Waals surface area contributed by atoms with E-state index in [-0.39, 0.29) is 29.5 Å². The first kappa shape index (κ1) is 23.8. The Morgan fingerprint density at radius 2 is 1.85 bits per heavy atom. The van der Waals surface area contributed by atoms with Crippen LogP contribution in [0.3, 0.4) is 0 Å². The third-order valence-electron chi connectivity index (χ3n) is 5.48. The molecule has 4 rings (SSSR count). The molecule has 11 nitrogen and oxygen atoms in total. The number of hydrogen-bond donors (Lipinski definition) is 2. The lowest BCUT2D eigenvalue weighted by Crippen LogP contribution is -2.47. The van der Waals surface area contributed by atoms with Crippen LogP contribution < -0.4 is 10.6 Å². The number of rotatable bonds is 7. The highest BCUT2D eigenvalue weighted by atomic mass is 32.2. The summed E-state index contributed by atoms with van der Waals surface area (Å²) in [5.74, 6) is -0.798. The van der Waals surface area contributed by atoms with Gasteiger partial charge in [-0.3, -0.25) is 9.59 Å². The molecule has 1 aliphatic rings. The van der Waals surface area contributed by atoms with E-state index in [0.29, 0.717) is 24.7 Å². The fourth-order valence-electron chi connectivity index (χ4n) is 3.63. The van der Waals surface area contributed by atoms with Crippen LogP contribution in [0.5, 0.6) is 0 Å². The van der Waals surface area contributed by atoms with Crippen molar-refractivity contribution in [1.82, 2.24) is 24.2 Å². The number of nitrogens with one attached hydrogen (secondary N) is 2. The maximum absolute atomic E-state index is 13.0. The Hall–Kier alpha value is -3.35. The second-order valence-electron chi connectivity index (χ2n) is 8.16. The highest BCUT2D eigenvalue weighted by Gasteiger charge is 2.29. The molecule has 2 N–H and O–H groups in total. The van der Waals surface area contributed by atoms with Gasteiger partial charge in [-0.2, -0.15) is 13.9 Å². The Bertz CT molecular complexity index is 1300.